The number of carboxylic acid groups (broad SMARTS) is 1. The van der Waals surface area contributed by atoms with Crippen molar-refractivity contribution in [1.29, 1.82) is 0 Å². The highest BCUT2D eigenvalue weighted by atomic mass is 35.5. The topological polar surface area (TPSA) is 109 Å². The second-order valence-electron chi connectivity index (χ2n) is 4.08. The van der Waals surface area contributed by atoms with Crippen molar-refractivity contribution in [1.82, 2.24) is 10.2 Å². The summed E-state index contributed by atoms with van der Waals surface area (Å²) in [5.41, 5.74) is -0.702. The molecule has 2 N–H and O–H groups in total. The predicted molar refractivity (Wildman–Crippen MR) is 74.1 cm³/mol. The molecule has 0 atom stereocenters. The Balaban J connectivity index is 2.43. The first-order valence-electron chi connectivity index (χ1n) is 5.57. The summed E-state index contributed by atoms with van der Waals surface area (Å²) in [5.74, 6) is -3.01. The van der Waals surface area contributed by atoms with E-state index in [1.807, 2.05) is 0 Å². The average molecular weight is 406 g/mol. The lowest BCUT2D eigenvalue weighted by Crippen LogP contribution is -2.15. The number of hydrogen-bond donors (Lipinski definition) is 2. The van der Waals surface area contributed by atoms with Crippen molar-refractivity contribution in [2.75, 3.05) is 4.72 Å². The van der Waals surface area contributed by atoms with E-state index < -0.39 is 53.6 Å². The maximum atomic E-state index is 13.8. The van der Waals surface area contributed by atoms with Gasteiger partial charge in [-0.3, -0.25) is 4.72 Å². The molecule has 0 saturated heterocycles. The third-order valence-corrected chi connectivity index (χ3v) is 5.11. The number of anilines is 1. The summed E-state index contributed by atoms with van der Waals surface area (Å²) in [6, 6.07) is 0.898. The van der Waals surface area contributed by atoms with Gasteiger partial charge in [-0.15, -0.1) is 10.2 Å². The number of aromatic nitrogens is 2. The molecule has 0 bridgehead atoms. The van der Waals surface area contributed by atoms with E-state index in [0.717, 1.165) is 0 Å². The molecule has 2 rings (SSSR count). The van der Waals surface area contributed by atoms with E-state index in [4.69, 9.17) is 16.7 Å². The Bertz CT molecular complexity index is 913. The van der Waals surface area contributed by atoms with Gasteiger partial charge in [0.2, 0.25) is 10.1 Å². The van der Waals surface area contributed by atoms with E-state index in [-0.39, 0.29) is 11.3 Å². The zero-order valence-electron chi connectivity index (χ0n) is 10.9. The van der Waals surface area contributed by atoms with Crippen LogP contribution in [0.15, 0.2) is 17.0 Å². The molecule has 0 saturated carbocycles. The van der Waals surface area contributed by atoms with Gasteiger partial charge in [-0.05, 0) is 12.1 Å². The van der Waals surface area contributed by atoms with Crippen molar-refractivity contribution < 1.29 is 35.9 Å². The largest absolute Gasteiger partial charge is 0.478 e. The van der Waals surface area contributed by atoms with Gasteiger partial charge in [0.05, 0.1) is 10.6 Å². The Morgan fingerprint density at radius 3 is 2.42 bits per heavy atom. The maximum absolute atomic E-state index is 13.8. The Labute approximate surface area is 139 Å². The molecule has 7 nitrogen and oxygen atoms in total. The number of hydrogen-bond acceptors (Lipinski definition) is 6. The fraction of sp³-hybridized carbons (Fsp3) is 0.100. The van der Waals surface area contributed by atoms with Crippen LogP contribution in [0.4, 0.5) is 22.7 Å². The van der Waals surface area contributed by atoms with Crippen LogP contribution < -0.4 is 4.72 Å². The molecule has 0 aliphatic rings. The highest BCUT2D eigenvalue weighted by molar-refractivity contribution is 7.93. The number of carboxylic acids is 1. The van der Waals surface area contributed by atoms with Gasteiger partial charge in [-0.2, -0.15) is 13.2 Å². The number of benzene rings is 1. The van der Waals surface area contributed by atoms with Gasteiger partial charge < -0.3 is 5.11 Å². The number of alkyl halides is 3. The van der Waals surface area contributed by atoms with E-state index >= 15 is 0 Å². The van der Waals surface area contributed by atoms with Gasteiger partial charge in [0.1, 0.15) is 10.7 Å². The molecule has 0 spiro atoms. The molecule has 1 aromatic heterocycles. The molecule has 1 aromatic carbocycles. The van der Waals surface area contributed by atoms with Crippen LogP contribution in [-0.2, 0) is 16.2 Å². The molecule has 24 heavy (non-hydrogen) atoms. The van der Waals surface area contributed by atoms with E-state index in [2.05, 4.69) is 10.2 Å². The normalized spacial score (nSPS) is 12.2. The van der Waals surface area contributed by atoms with Crippen LogP contribution in [0.1, 0.15) is 15.4 Å². The van der Waals surface area contributed by atoms with Crippen molar-refractivity contribution in [2.24, 2.45) is 0 Å². The van der Waals surface area contributed by atoms with E-state index in [0.29, 0.717) is 12.1 Å². The molecular weight excluding hydrogens is 402 g/mol. The summed E-state index contributed by atoms with van der Waals surface area (Å²) in [4.78, 5) is 9.80. The highest BCUT2D eigenvalue weighted by Crippen LogP contribution is 2.34. The van der Waals surface area contributed by atoms with Gasteiger partial charge >= 0.3 is 12.1 Å². The van der Waals surface area contributed by atoms with E-state index in [1.165, 1.54) is 0 Å². The first-order chi connectivity index (χ1) is 10.9. The average Bonchev–Trinajstić information content (AvgIpc) is 2.85. The minimum atomic E-state index is -4.83. The number of nitrogens with one attached hydrogen (secondary N) is 1. The summed E-state index contributed by atoms with van der Waals surface area (Å²) < 4.78 is 76.6. The van der Waals surface area contributed by atoms with Crippen molar-refractivity contribution in [3.63, 3.8) is 0 Å². The SMILES string of the molecule is O=C(O)c1cc(S(=O)(=O)Nc2nnc(C(F)(F)F)s2)c(F)cc1Cl. The van der Waals surface area contributed by atoms with Crippen molar-refractivity contribution in [3.8, 4) is 0 Å². The molecule has 1 heterocycles. The van der Waals surface area contributed by atoms with Crippen molar-refractivity contribution >= 4 is 44.1 Å². The van der Waals surface area contributed by atoms with Crippen LogP contribution in [0, 0.1) is 5.82 Å². The summed E-state index contributed by atoms with van der Waals surface area (Å²) in [6.07, 6.45) is -4.83. The molecule has 0 radical (unpaired) electrons. The molecule has 0 aliphatic carbocycles. The summed E-state index contributed by atoms with van der Waals surface area (Å²) >= 11 is 5.36. The fourth-order valence-electron chi connectivity index (χ4n) is 1.45. The quantitative estimate of drug-likeness (QED) is 0.757. The van der Waals surface area contributed by atoms with Gasteiger partial charge in [-0.1, -0.05) is 22.9 Å². The number of carbonyl (C=O) groups is 1. The van der Waals surface area contributed by atoms with Crippen LogP contribution in [-0.4, -0.2) is 29.7 Å². The minimum absolute atomic E-state index is 0.121. The van der Waals surface area contributed by atoms with E-state index in [9.17, 15) is 30.8 Å². The lowest BCUT2D eigenvalue weighted by Gasteiger charge is -2.08. The van der Waals surface area contributed by atoms with Gasteiger partial charge in [0, 0.05) is 0 Å². The number of sulfonamides is 1. The lowest BCUT2D eigenvalue weighted by molar-refractivity contribution is -0.138. The zero-order valence-corrected chi connectivity index (χ0v) is 13.3. The second kappa shape index (κ2) is 6.14. The maximum Gasteiger partial charge on any atom is 0.445 e. The summed E-state index contributed by atoms with van der Waals surface area (Å²) in [5, 5.41) is 11.9. The number of halogens is 5. The first-order valence-corrected chi connectivity index (χ1v) is 8.25. The van der Waals surface area contributed by atoms with Crippen LogP contribution in [0.25, 0.3) is 0 Å². The molecule has 0 amide bonds. The van der Waals surface area contributed by atoms with Gasteiger partial charge in [0.15, 0.2) is 0 Å². The zero-order chi connectivity index (χ0) is 18.3. The molecule has 130 valence electrons. The standard InChI is InChI=1S/C10H4ClF4N3O4S2/c11-4-2-5(12)6(1-3(4)7(19)20)24(21,22)18-9-17-16-8(23-9)10(13,14)15/h1-2H,(H,17,18)(H,19,20). The molecule has 2 aromatic rings. The van der Waals surface area contributed by atoms with E-state index in [1.54, 1.807) is 4.72 Å². The van der Waals surface area contributed by atoms with Crippen LogP contribution in [0.3, 0.4) is 0 Å². The predicted octanol–water partition coefficient (Wildman–Crippen LogP) is 2.85. The lowest BCUT2D eigenvalue weighted by atomic mass is 10.2. The Morgan fingerprint density at radius 2 is 1.92 bits per heavy atom. The third-order valence-electron chi connectivity index (χ3n) is 2.43. The van der Waals surface area contributed by atoms with Gasteiger partial charge in [-0.25, -0.2) is 17.6 Å². The fourth-order valence-corrected chi connectivity index (χ4v) is 3.61. The first kappa shape index (κ1) is 18.4. The summed E-state index contributed by atoms with van der Waals surface area (Å²) in [6.45, 7) is 0. The Kier molecular flexibility index (Phi) is 4.70. The second-order valence-corrected chi connectivity index (χ2v) is 7.12. The third kappa shape index (κ3) is 3.73. The monoisotopic (exact) mass is 405 g/mol. The van der Waals surface area contributed by atoms with Gasteiger partial charge in [0.25, 0.3) is 10.0 Å². The molecule has 0 unspecified atom stereocenters. The smallest absolute Gasteiger partial charge is 0.445 e. The number of nitrogens with zero attached hydrogens (tertiary/aromatic N) is 2. The molecular formula is C10H4ClF4N3O4S2. The number of rotatable bonds is 4. The Hall–Kier alpha value is -1.99. The molecule has 14 heteroatoms. The molecule has 0 fully saturated rings. The van der Waals surface area contributed by atoms with Crippen molar-refractivity contribution in [2.45, 2.75) is 11.1 Å². The molecule has 0 aliphatic heterocycles. The summed E-state index contributed by atoms with van der Waals surface area (Å²) in [7, 11) is -4.76. The van der Waals surface area contributed by atoms with Crippen LogP contribution in [0.5, 0.6) is 0 Å². The van der Waals surface area contributed by atoms with Crippen LogP contribution in [0.2, 0.25) is 5.02 Å². The van der Waals surface area contributed by atoms with Crippen molar-refractivity contribution in [3.05, 3.63) is 33.5 Å². The Morgan fingerprint density at radius 1 is 1.29 bits per heavy atom. The van der Waals surface area contributed by atoms with Crippen LogP contribution >= 0.6 is 22.9 Å². The number of aromatic carboxylic acids is 1. The minimum Gasteiger partial charge on any atom is -0.478 e. The highest BCUT2D eigenvalue weighted by Gasteiger charge is 2.36.